The van der Waals surface area contributed by atoms with Crippen LogP contribution in [0.5, 0.6) is 0 Å². The van der Waals surface area contributed by atoms with Gasteiger partial charge < -0.3 is 5.11 Å². The summed E-state index contributed by atoms with van der Waals surface area (Å²) >= 11 is 1.67. The number of aliphatic hydroxyl groups excluding tert-OH is 1. The largest absolute Gasteiger partial charge is 0.392 e. The van der Waals surface area contributed by atoms with Gasteiger partial charge >= 0.3 is 0 Å². The summed E-state index contributed by atoms with van der Waals surface area (Å²) in [5.41, 5.74) is 2.18. The van der Waals surface area contributed by atoms with Crippen LogP contribution in [0, 0.1) is 11.8 Å². The standard InChI is InChI=1S/C18H23NOS/c1-2-13-8-9-15(10-13)17(20)11-18-19-16(12-21-18)14-6-4-3-5-7-14/h3-7,12-13,15,17,20H,2,8-11H2,1H3. The van der Waals surface area contributed by atoms with Gasteiger partial charge in [0.05, 0.1) is 16.8 Å². The molecule has 2 nitrogen and oxygen atoms in total. The van der Waals surface area contributed by atoms with E-state index >= 15 is 0 Å². The van der Waals surface area contributed by atoms with E-state index in [4.69, 9.17) is 0 Å². The van der Waals surface area contributed by atoms with Crippen LogP contribution in [0.1, 0.15) is 37.6 Å². The topological polar surface area (TPSA) is 33.1 Å². The maximum atomic E-state index is 10.5. The van der Waals surface area contributed by atoms with Crippen LogP contribution in [0.2, 0.25) is 0 Å². The van der Waals surface area contributed by atoms with Gasteiger partial charge in [0, 0.05) is 17.4 Å². The molecule has 3 rings (SSSR count). The monoisotopic (exact) mass is 301 g/mol. The molecular formula is C18H23NOS. The van der Waals surface area contributed by atoms with E-state index in [2.05, 4.69) is 29.4 Å². The molecule has 0 aliphatic heterocycles. The van der Waals surface area contributed by atoms with E-state index in [-0.39, 0.29) is 6.10 Å². The summed E-state index contributed by atoms with van der Waals surface area (Å²) < 4.78 is 0. The second kappa shape index (κ2) is 6.71. The van der Waals surface area contributed by atoms with Gasteiger partial charge in [0.15, 0.2) is 0 Å². The lowest BCUT2D eigenvalue weighted by atomic mass is 9.96. The third-order valence-electron chi connectivity index (χ3n) is 4.71. The zero-order valence-electron chi connectivity index (χ0n) is 12.5. The summed E-state index contributed by atoms with van der Waals surface area (Å²) in [4.78, 5) is 4.69. The number of thiazole rings is 1. The van der Waals surface area contributed by atoms with Crippen molar-refractivity contribution in [3.63, 3.8) is 0 Å². The molecule has 0 spiro atoms. The van der Waals surface area contributed by atoms with Crippen molar-refractivity contribution in [1.29, 1.82) is 0 Å². The molecule has 1 N–H and O–H groups in total. The van der Waals surface area contributed by atoms with Gasteiger partial charge in [-0.25, -0.2) is 4.98 Å². The van der Waals surface area contributed by atoms with Gasteiger partial charge in [-0.05, 0) is 24.7 Å². The van der Waals surface area contributed by atoms with Crippen molar-refractivity contribution in [2.45, 2.75) is 45.1 Å². The van der Waals surface area contributed by atoms with E-state index < -0.39 is 0 Å². The lowest BCUT2D eigenvalue weighted by molar-refractivity contribution is 0.108. The van der Waals surface area contributed by atoms with Crippen LogP contribution < -0.4 is 0 Å². The van der Waals surface area contributed by atoms with Crippen LogP contribution >= 0.6 is 11.3 Å². The molecule has 0 bridgehead atoms. The normalized spacial score (nSPS) is 23.3. The molecule has 3 atom stereocenters. The Kier molecular flexibility index (Phi) is 4.71. The average Bonchev–Trinajstić information content (AvgIpc) is 3.17. The molecule has 0 amide bonds. The fraction of sp³-hybridized carbons (Fsp3) is 0.500. The van der Waals surface area contributed by atoms with Crippen LogP contribution in [0.3, 0.4) is 0 Å². The molecule has 1 aliphatic rings. The Labute approximate surface area is 130 Å². The van der Waals surface area contributed by atoms with Gasteiger partial charge in [0.2, 0.25) is 0 Å². The Bertz CT molecular complexity index is 566. The second-order valence-corrected chi connectivity index (χ2v) is 7.05. The van der Waals surface area contributed by atoms with E-state index in [1.807, 2.05) is 18.2 Å². The molecule has 21 heavy (non-hydrogen) atoms. The zero-order valence-corrected chi connectivity index (χ0v) is 13.4. The average molecular weight is 301 g/mol. The van der Waals surface area contributed by atoms with Gasteiger partial charge in [-0.2, -0.15) is 0 Å². The van der Waals surface area contributed by atoms with E-state index in [1.165, 1.54) is 25.7 Å². The predicted octanol–water partition coefficient (Wildman–Crippen LogP) is 4.54. The highest BCUT2D eigenvalue weighted by atomic mass is 32.1. The second-order valence-electron chi connectivity index (χ2n) is 6.11. The summed E-state index contributed by atoms with van der Waals surface area (Å²) in [7, 11) is 0. The Morgan fingerprint density at radius 3 is 2.81 bits per heavy atom. The zero-order chi connectivity index (χ0) is 14.7. The highest BCUT2D eigenvalue weighted by Gasteiger charge is 2.29. The van der Waals surface area contributed by atoms with Gasteiger partial charge in [0.25, 0.3) is 0 Å². The van der Waals surface area contributed by atoms with Gasteiger partial charge in [-0.1, -0.05) is 50.1 Å². The Hall–Kier alpha value is -1.19. The lowest BCUT2D eigenvalue weighted by Gasteiger charge is -2.16. The molecule has 2 aromatic rings. The first-order valence-electron chi connectivity index (χ1n) is 7.94. The molecule has 1 aromatic heterocycles. The Morgan fingerprint density at radius 1 is 1.29 bits per heavy atom. The maximum absolute atomic E-state index is 10.5. The number of hydrogen-bond acceptors (Lipinski definition) is 3. The highest BCUT2D eigenvalue weighted by Crippen LogP contribution is 2.36. The molecule has 1 aliphatic carbocycles. The summed E-state index contributed by atoms with van der Waals surface area (Å²) in [5, 5.41) is 13.6. The van der Waals surface area contributed by atoms with Crippen LogP contribution in [0.25, 0.3) is 11.3 Å². The van der Waals surface area contributed by atoms with Crippen molar-refractivity contribution in [3.8, 4) is 11.3 Å². The molecule has 1 saturated carbocycles. The van der Waals surface area contributed by atoms with Crippen LogP contribution in [-0.4, -0.2) is 16.2 Å². The summed E-state index contributed by atoms with van der Waals surface area (Å²) in [5.74, 6) is 1.29. The maximum Gasteiger partial charge on any atom is 0.0958 e. The summed E-state index contributed by atoms with van der Waals surface area (Å²) in [6.07, 6.45) is 5.38. The van der Waals surface area contributed by atoms with Gasteiger partial charge in [-0.3, -0.25) is 0 Å². The number of aliphatic hydroxyl groups is 1. The molecule has 3 heteroatoms. The van der Waals surface area contributed by atoms with E-state index in [0.29, 0.717) is 12.3 Å². The van der Waals surface area contributed by atoms with Crippen molar-refractivity contribution in [2.24, 2.45) is 11.8 Å². The molecule has 1 heterocycles. The van der Waals surface area contributed by atoms with Crippen molar-refractivity contribution in [3.05, 3.63) is 40.7 Å². The van der Waals surface area contributed by atoms with Crippen LogP contribution in [0.4, 0.5) is 0 Å². The molecule has 0 saturated heterocycles. The fourth-order valence-electron chi connectivity index (χ4n) is 3.33. The molecular weight excluding hydrogens is 278 g/mol. The SMILES string of the molecule is CCC1CCC(C(O)Cc2nc(-c3ccccc3)cs2)C1. The third kappa shape index (κ3) is 3.53. The molecule has 1 aromatic carbocycles. The van der Waals surface area contributed by atoms with E-state index in [9.17, 15) is 5.11 Å². The highest BCUT2D eigenvalue weighted by molar-refractivity contribution is 7.09. The first-order chi connectivity index (χ1) is 10.3. The molecule has 0 radical (unpaired) electrons. The fourth-order valence-corrected chi connectivity index (χ4v) is 4.18. The molecule has 3 unspecified atom stereocenters. The first kappa shape index (κ1) is 14.7. The first-order valence-corrected chi connectivity index (χ1v) is 8.82. The number of aromatic nitrogens is 1. The van der Waals surface area contributed by atoms with Crippen molar-refractivity contribution < 1.29 is 5.11 Å². The predicted molar refractivity (Wildman–Crippen MR) is 88.4 cm³/mol. The van der Waals surface area contributed by atoms with E-state index in [1.54, 1.807) is 11.3 Å². The van der Waals surface area contributed by atoms with Gasteiger partial charge in [0.1, 0.15) is 0 Å². The number of rotatable bonds is 5. The minimum absolute atomic E-state index is 0.226. The minimum atomic E-state index is -0.226. The van der Waals surface area contributed by atoms with E-state index in [0.717, 1.165) is 22.2 Å². The van der Waals surface area contributed by atoms with Crippen molar-refractivity contribution in [2.75, 3.05) is 0 Å². The van der Waals surface area contributed by atoms with Gasteiger partial charge in [-0.15, -0.1) is 11.3 Å². The number of benzene rings is 1. The van der Waals surface area contributed by atoms with Crippen molar-refractivity contribution in [1.82, 2.24) is 4.98 Å². The Morgan fingerprint density at radius 2 is 2.10 bits per heavy atom. The molecule has 1 fully saturated rings. The third-order valence-corrected chi connectivity index (χ3v) is 5.58. The van der Waals surface area contributed by atoms with Crippen LogP contribution in [0.15, 0.2) is 35.7 Å². The van der Waals surface area contributed by atoms with Crippen LogP contribution in [-0.2, 0) is 6.42 Å². The number of nitrogens with zero attached hydrogens (tertiary/aromatic N) is 1. The summed E-state index contributed by atoms with van der Waals surface area (Å²) in [6, 6.07) is 10.3. The molecule has 112 valence electrons. The summed E-state index contributed by atoms with van der Waals surface area (Å²) in [6.45, 7) is 2.26. The minimum Gasteiger partial charge on any atom is -0.392 e. The number of hydrogen-bond donors (Lipinski definition) is 1. The lowest BCUT2D eigenvalue weighted by Crippen LogP contribution is -2.20. The quantitative estimate of drug-likeness (QED) is 0.879. The van der Waals surface area contributed by atoms with Crippen molar-refractivity contribution >= 4 is 11.3 Å². The Balaban J connectivity index is 1.62. The smallest absolute Gasteiger partial charge is 0.0958 e.